The molecule has 16 heavy (non-hydrogen) atoms. The largest absolute Gasteiger partial charge is 0.315 e. The molecule has 2 atom stereocenters. The molecular weight excluding hydrogens is 244 g/mol. The van der Waals surface area contributed by atoms with Crippen LogP contribution in [0.15, 0.2) is 0 Å². The van der Waals surface area contributed by atoms with Crippen LogP contribution >= 0.6 is 11.8 Å². The van der Waals surface area contributed by atoms with E-state index in [4.69, 9.17) is 0 Å². The molecule has 0 spiro atoms. The molecule has 1 saturated heterocycles. The highest BCUT2D eigenvalue weighted by Gasteiger charge is 2.27. The topological polar surface area (TPSA) is 58.2 Å². The third-order valence-electron chi connectivity index (χ3n) is 2.63. The van der Waals surface area contributed by atoms with Crippen LogP contribution in [0.2, 0.25) is 0 Å². The zero-order valence-electron chi connectivity index (χ0n) is 10.0. The number of piperidine rings is 1. The van der Waals surface area contributed by atoms with Gasteiger partial charge in [0.25, 0.3) is 0 Å². The predicted molar refractivity (Wildman–Crippen MR) is 70.4 cm³/mol. The summed E-state index contributed by atoms with van der Waals surface area (Å²) < 4.78 is 26.8. The van der Waals surface area contributed by atoms with Crippen LogP contribution in [0.4, 0.5) is 0 Å². The van der Waals surface area contributed by atoms with Gasteiger partial charge in [-0.05, 0) is 32.1 Å². The molecule has 0 aliphatic carbocycles. The standard InChI is InChI=1S/C10H22N2O2S2/c1-3-15-8-9(2)12-16(13,14)10-5-4-6-11-7-10/h9-12H,3-8H2,1-2H3. The highest BCUT2D eigenvalue weighted by atomic mass is 32.2. The van der Waals surface area contributed by atoms with Crippen LogP contribution in [0.25, 0.3) is 0 Å². The fraction of sp³-hybridized carbons (Fsp3) is 1.00. The van der Waals surface area contributed by atoms with Crippen molar-refractivity contribution in [2.45, 2.75) is 38.0 Å². The minimum absolute atomic E-state index is 0.0249. The molecule has 2 unspecified atom stereocenters. The van der Waals surface area contributed by atoms with Gasteiger partial charge < -0.3 is 5.32 Å². The summed E-state index contributed by atoms with van der Waals surface area (Å²) in [5, 5.41) is 2.88. The van der Waals surface area contributed by atoms with Crippen molar-refractivity contribution in [1.29, 1.82) is 0 Å². The number of nitrogens with one attached hydrogen (secondary N) is 2. The molecule has 0 amide bonds. The Morgan fingerprint density at radius 1 is 1.56 bits per heavy atom. The quantitative estimate of drug-likeness (QED) is 0.746. The van der Waals surface area contributed by atoms with Crippen LogP contribution in [-0.4, -0.2) is 44.3 Å². The Kier molecular flexibility index (Phi) is 6.10. The van der Waals surface area contributed by atoms with Crippen molar-refractivity contribution in [2.75, 3.05) is 24.6 Å². The van der Waals surface area contributed by atoms with Crippen molar-refractivity contribution >= 4 is 21.8 Å². The van der Waals surface area contributed by atoms with Gasteiger partial charge in [-0.3, -0.25) is 0 Å². The molecule has 96 valence electrons. The molecule has 0 radical (unpaired) electrons. The Bertz CT molecular complexity index is 287. The SMILES string of the molecule is CCSCC(C)NS(=O)(=O)C1CCCNC1. The Labute approximate surface area is 103 Å². The van der Waals surface area contributed by atoms with Gasteiger partial charge in [-0.25, -0.2) is 13.1 Å². The van der Waals surface area contributed by atoms with Crippen LogP contribution < -0.4 is 10.0 Å². The lowest BCUT2D eigenvalue weighted by Gasteiger charge is -2.24. The summed E-state index contributed by atoms with van der Waals surface area (Å²) in [4.78, 5) is 0. The van der Waals surface area contributed by atoms with E-state index in [-0.39, 0.29) is 11.3 Å². The Morgan fingerprint density at radius 3 is 2.88 bits per heavy atom. The van der Waals surface area contributed by atoms with E-state index in [9.17, 15) is 8.42 Å². The fourth-order valence-electron chi connectivity index (χ4n) is 1.79. The summed E-state index contributed by atoms with van der Waals surface area (Å²) >= 11 is 1.76. The maximum atomic E-state index is 12.0. The van der Waals surface area contributed by atoms with E-state index in [1.807, 2.05) is 6.92 Å². The summed E-state index contributed by atoms with van der Waals surface area (Å²) in [7, 11) is -3.14. The second-order valence-corrected chi connectivity index (χ2v) is 7.50. The molecule has 1 aliphatic heterocycles. The van der Waals surface area contributed by atoms with E-state index in [2.05, 4.69) is 17.0 Å². The molecule has 1 fully saturated rings. The molecule has 6 heteroatoms. The predicted octanol–water partition coefficient (Wildman–Crippen LogP) is 0.799. The van der Waals surface area contributed by atoms with Crippen molar-refractivity contribution in [3.05, 3.63) is 0 Å². The zero-order chi connectivity index (χ0) is 12.0. The van der Waals surface area contributed by atoms with Gasteiger partial charge in [0.05, 0.1) is 5.25 Å². The second-order valence-electron chi connectivity index (χ2n) is 4.19. The Hall–Kier alpha value is 0.220. The molecule has 4 nitrogen and oxygen atoms in total. The van der Waals surface area contributed by atoms with Gasteiger partial charge in [-0.15, -0.1) is 0 Å². The van der Waals surface area contributed by atoms with Gasteiger partial charge in [-0.1, -0.05) is 6.92 Å². The van der Waals surface area contributed by atoms with E-state index in [1.54, 1.807) is 11.8 Å². The molecule has 0 saturated carbocycles. The van der Waals surface area contributed by atoms with Crippen molar-refractivity contribution < 1.29 is 8.42 Å². The van der Waals surface area contributed by atoms with Crippen LogP contribution in [0.1, 0.15) is 26.7 Å². The van der Waals surface area contributed by atoms with Gasteiger partial charge in [0.15, 0.2) is 0 Å². The van der Waals surface area contributed by atoms with Gasteiger partial charge in [0, 0.05) is 18.3 Å². The summed E-state index contributed by atoms with van der Waals surface area (Å²) in [6.07, 6.45) is 1.72. The lowest BCUT2D eigenvalue weighted by molar-refractivity contribution is 0.486. The molecule has 0 bridgehead atoms. The molecular formula is C10H22N2O2S2. The van der Waals surface area contributed by atoms with Gasteiger partial charge in [0.2, 0.25) is 10.0 Å². The van der Waals surface area contributed by atoms with Crippen molar-refractivity contribution in [3.8, 4) is 0 Å². The Morgan fingerprint density at radius 2 is 2.31 bits per heavy atom. The van der Waals surface area contributed by atoms with Crippen LogP contribution in [0.5, 0.6) is 0 Å². The maximum Gasteiger partial charge on any atom is 0.216 e. The summed E-state index contributed by atoms with van der Waals surface area (Å²) in [5.41, 5.74) is 0. The number of hydrogen-bond donors (Lipinski definition) is 2. The number of sulfonamides is 1. The molecule has 0 aromatic carbocycles. The molecule has 1 aliphatic rings. The van der Waals surface area contributed by atoms with Crippen LogP contribution in [0.3, 0.4) is 0 Å². The first-order valence-corrected chi connectivity index (χ1v) is 8.56. The fourth-order valence-corrected chi connectivity index (χ4v) is 4.22. The van der Waals surface area contributed by atoms with E-state index in [0.717, 1.165) is 30.9 Å². The third kappa shape index (κ3) is 4.61. The normalized spacial score (nSPS) is 24.2. The van der Waals surface area contributed by atoms with E-state index < -0.39 is 10.0 Å². The van der Waals surface area contributed by atoms with Crippen molar-refractivity contribution in [3.63, 3.8) is 0 Å². The van der Waals surface area contributed by atoms with E-state index >= 15 is 0 Å². The lowest BCUT2D eigenvalue weighted by atomic mass is 10.2. The smallest absolute Gasteiger partial charge is 0.216 e. The van der Waals surface area contributed by atoms with Crippen molar-refractivity contribution in [1.82, 2.24) is 10.0 Å². The van der Waals surface area contributed by atoms with Crippen molar-refractivity contribution in [2.24, 2.45) is 0 Å². The van der Waals surface area contributed by atoms with Gasteiger partial charge in [0.1, 0.15) is 0 Å². The first kappa shape index (κ1) is 14.3. The molecule has 0 aromatic heterocycles. The highest BCUT2D eigenvalue weighted by molar-refractivity contribution is 7.99. The number of hydrogen-bond acceptors (Lipinski definition) is 4. The lowest BCUT2D eigenvalue weighted by Crippen LogP contribution is -2.47. The minimum atomic E-state index is -3.14. The van der Waals surface area contributed by atoms with Gasteiger partial charge in [-0.2, -0.15) is 11.8 Å². The minimum Gasteiger partial charge on any atom is -0.315 e. The molecule has 2 N–H and O–H groups in total. The van der Waals surface area contributed by atoms with E-state index in [0.29, 0.717) is 6.54 Å². The summed E-state index contributed by atoms with van der Waals surface area (Å²) in [6, 6.07) is 0.0249. The molecule has 1 heterocycles. The first-order chi connectivity index (χ1) is 7.56. The monoisotopic (exact) mass is 266 g/mol. The average Bonchev–Trinajstić information content (AvgIpc) is 2.27. The zero-order valence-corrected chi connectivity index (χ0v) is 11.7. The van der Waals surface area contributed by atoms with Crippen LogP contribution in [-0.2, 0) is 10.0 Å². The van der Waals surface area contributed by atoms with Crippen LogP contribution in [0, 0.1) is 0 Å². The summed E-state index contributed by atoms with van der Waals surface area (Å²) in [6.45, 7) is 5.53. The first-order valence-electron chi connectivity index (χ1n) is 5.86. The summed E-state index contributed by atoms with van der Waals surface area (Å²) in [5.74, 6) is 1.87. The third-order valence-corrected chi connectivity index (χ3v) is 5.78. The van der Waals surface area contributed by atoms with Gasteiger partial charge >= 0.3 is 0 Å². The molecule has 0 aromatic rings. The highest BCUT2D eigenvalue weighted by Crippen LogP contribution is 2.12. The average molecular weight is 266 g/mol. The molecule has 1 rings (SSSR count). The second kappa shape index (κ2) is 6.83. The maximum absolute atomic E-state index is 12.0. The number of rotatable bonds is 6. The van der Waals surface area contributed by atoms with E-state index in [1.165, 1.54) is 0 Å². The Balaban J connectivity index is 2.43. The number of thioether (sulfide) groups is 1.